The van der Waals surface area contributed by atoms with E-state index in [9.17, 15) is 0 Å². The Balaban J connectivity index is 1.19. The third-order valence-electron chi connectivity index (χ3n) is 11.5. The molecule has 254 valence electrons. The van der Waals surface area contributed by atoms with Crippen LogP contribution in [0.25, 0.3) is 27.8 Å². The van der Waals surface area contributed by atoms with E-state index in [-0.39, 0.29) is 5.41 Å². The van der Waals surface area contributed by atoms with Gasteiger partial charge in [-0.15, -0.1) is 0 Å². The summed E-state index contributed by atoms with van der Waals surface area (Å²) >= 11 is 0. The Kier molecular flexibility index (Phi) is 8.36. The molecule has 4 aliphatic carbocycles. The number of rotatable bonds is 7. The summed E-state index contributed by atoms with van der Waals surface area (Å²) in [6, 6.07) is 43.3. The van der Waals surface area contributed by atoms with Crippen LogP contribution in [0.1, 0.15) is 85.3 Å². The van der Waals surface area contributed by atoms with E-state index in [2.05, 4.69) is 189 Å². The van der Waals surface area contributed by atoms with Crippen LogP contribution in [0.4, 0.5) is 17.1 Å². The van der Waals surface area contributed by atoms with Gasteiger partial charge in [-0.3, -0.25) is 0 Å². The fourth-order valence-electron chi connectivity index (χ4n) is 8.74. The van der Waals surface area contributed by atoms with Gasteiger partial charge in [0.15, 0.2) is 0 Å². The smallest absolute Gasteiger partial charge is 0.0467 e. The summed E-state index contributed by atoms with van der Waals surface area (Å²) in [7, 11) is 0. The molecule has 4 aliphatic rings. The van der Waals surface area contributed by atoms with E-state index in [4.69, 9.17) is 0 Å². The average molecular weight is 672 g/mol. The van der Waals surface area contributed by atoms with Crippen molar-refractivity contribution in [3.05, 3.63) is 203 Å². The number of fused-ring (bicyclic) bond motifs is 3. The number of anilines is 3. The summed E-state index contributed by atoms with van der Waals surface area (Å²) in [5, 5.41) is 0. The predicted octanol–water partition coefficient (Wildman–Crippen LogP) is 14.1. The van der Waals surface area contributed by atoms with Crippen molar-refractivity contribution in [2.24, 2.45) is 0 Å². The quantitative estimate of drug-likeness (QED) is 0.166. The monoisotopic (exact) mass is 671 g/mol. The second-order valence-electron chi connectivity index (χ2n) is 15.1. The van der Waals surface area contributed by atoms with Crippen LogP contribution in [-0.2, 0) is 5.41 Å². The van der Waals surface area contributed by atoms with Crippen LogP contribution < -0.4 is 4.90 Å². The van der Waals surface area contributed by atoms with Crippen LogP contribution >= 0.6 is 0 Å². The molecule has 1 atom stereocenters. The highest BCUT2D eigenvalue weighted by molar-refractivity contribution is 5.87. The van der Waals surface area contributed by atoms with Crippen molar-refractivity contribution >= 4 is 33.8 Å². The number of allylic oxidation sites excluding steroid dienone is 12. The van der Waals surface area contributed by atoms with E-state index in [1.807, 2.05) is 0 Å². The lowest BCUT2D eigenvalue weighted by Crippen LogP contribution is -2.17. The molecular weight excluding hydrogens is 627 g/mol. The molecule has 0 saturated carbocycles. The van der Waals surface area contributed by atoms with Gasteiger partial charge in [0.25, 0.3) is 0 Å². The molecule has 5 aromatic rings. The average Bonchev–Trinajstić information content (AvgIpc) is 3.44. The van der Waals surface area contributed by atoms with Crippen LogP contribution in [0, 0.1) is 0 Å². The number of benzene rings is 5. The molecule has 0 saturated heterocycles. The third-order valence-corrected chi connectivity index (χ3v) is 11.5. The minimum Gasteiger partial charge on any atom is -0.310 e. The van der Waals surface area contributed by atoms with Gasteiger partial charge in [0.05, 0.1) is 0 Å². The molecule has 0 fully saturated rings. The second kappa shape index (κ2) is 13.5. The molecule has 1 nitrogen and oxygen atoms in total. The summed E-state index contributed by atoms with van der Waals surface area (Å²) in [6.45, 7) is 4.75. The van der Waals surface area contributed by atoms with E-state index in [0.29, 0.717) is 5.92 Å². The van der Waals surface area contributed by atoms with Crippen molar-refractivity contribution in [3.63, 3.8) is 0 Å². The van der Waals surface area contributed by atoms with Crippen molar-refractivity contribution in [2.75, 3.05) is 4.90 Å². The van der Waals surface area contributed by atoms with Crippen molar-refractivity contribution < 1.29 is 0 Å². The van der Waals surface area contributed by atoms with Gasteiger partial charge in [0.1, 0.15) is 0 Å². The van der Waals surface area contributed by atoms with Gasteiger partial charge in [0.2, 0.25) is 0 Å². The largest absolute Gasteiger partial charge is 0.310 e. The fraction of sp³-hybridized carbons (Fsp3) is 0.176. The first-order chi connectivity index (χ1) is 25.5. The standard InChI is InChI=1S/C51H45N/c1-51(2)49-24-13-12-23-46(49)47-32-30-44(35-50(47)51)52(42-27-25-38(26-28-42)36-15-6-3-7-16-36)43-29-31-45(48(34-43)39-19-10-5-11-20-39)41-22-14-21-40(33-41)37-17-8-4-9-18-37/h4-6,8-10,12-19,21,23-35,41H,3,7,11,20,22H2,1-2H3. The first-order valence-corrected chi connectivity index (χ1v) is 19.0. The fourth-order valence-corrected chi connectivity index (χ4v) is 8.74. The lowest BCUT2D eigenvalue weighted by Gasteiger charge is -2.30. The van der Waals surface area contributed by atoms with Crippen LogP contribution in [0.2, 0.25) is 0 Å². The van der Waals surface area contributed by atoms with Crippen molar-refractivity contribution in [3.8, 4) is 11.1 Å². The molecule has 0 radical (unpaired) electrons. The minimum atomic E-state index is -0.0805. The third kappa shape index (κ3) is 5.85. The van der Waals surface area contributed by atoms with Gasteiger partial charge in [0, 0.05) is 28.4 Å². The van der Waals surface area contributed by atoms with E-state index >= 15 is 0 Å². The predicted molar refractivity (Wildman–Crippen MR) is 222 cm³/mol. The van der Waals surface area contributed by atoms with Crippen molar-refractivity contribution in [1.82, 2.24) is 0 Å². The second-order valence-corrected chi connectivity index (χ2v) is 15.1. The Morgan fingerprint density at radius 1 is 0.577 bits per heavy atom. The number of hydrogen-bond acceptors (Lipinski definition) is 1. The molecule has 5 aromatic carbocycles. The molecule has 1 heteroatoms. The first kappa shape index (κ1) is 32.3. The van der Waals surface area contributed by atoms with Crippen LogP contribution in [0.3, 0.4) is 0 Å². The Hall–Kier alpha value is -5.66. The summed E-state index contributed by atoms with van der Waals surface area (Å²) in [5.74, 6) is 0.305. The zero-order chi connectivity index (χ0) is 35.1. The van der Waals surface area contributed by atoms with Gasteiger partial charge in [-0.1, -0.05) is 147 Å². The zero-order valence-electron chi connectivity index (χ0n) is 30.2. The molecule has 0 spiro atoms. The van der Waals surface area contributed by atoms with E-state index in [1.54, 1.807) is 0 Å². The Morgan fingerprint density at radius 3 is 2.12 bits per heavy atom. The van der Waals surface area contributed by atoms with Gasteiger partial charge >= 0.3 is 0 Å². The summed E-state index contributed by atoms with van der Waals surface area (Å²) in [5.41, 5.74) is 18.3. The molecule has 9 rings (SSSR count). The maximum Gasteiger partial charge on any atom is 0.0467 e. The van der Waals surface area contributed by atoms with Crippen molar-refractivity contribution in [2.45, 2.75) is 57.3 Å². The summed E-state index contributed by atoms with van der Waals surface area (Å²) < 4.78 is 0. The highest BCUT2D eigenvalue weighted by atomic mass is 15.1. The summed E-state index contributed by atoms with van der Waals surface area (Å²) in [4.78, 5) is 2.48. The van der Waals surface area contributed by atoms with Crippen molar-refractivity contribution in [1.29, 1.82) is 0 Å². The molecule has 0 N–H and O–H groups in total. The van der Waals surface area contributed by atoms with Gasteiger partial charge < -0.3 is 4.90 Å². The number of hydrogen-bond donors (Lipinski definition) is 0. The SMILES string of the molecule is CC1(C)c2ccccc2-c2ccc(N(c3ccc(C4=CCCC=C4)cc3)c3ccc(C4C=C(c5ccccc5)C=CC4)c(C4=CC=CCC4)c3)cc21. The highest BCUT2D eigenvalue weighted by Gasteiger charge is 2.36. The van der Waals surface area contributed by atoms with Crippen LogP contribution in [-0.4, -0.2) is 0 Å². The zero-order valence-corrected chi connectivity index (χ0v) is 30.2. The molecule has 0 aliphatic heterocycles. The van der Waals surface area contributed by atoms with E-state index in [0.717, 1.165) is 32.1 Å². The first-order valence-electron chi connectivity index (χ1n) is 19.0. The lowest BCUT2D eigenvalue weighted by molar-refractivity contribution is 0.660. The van der Waals surface area contributed by atoms with E-state index < -0.39 is 0 Å². The Bertz CT molecular complexity index is 2340. The normalized spacial score (nSPS) is 18.3. The van der Waals surface area contributed by atoms with Gasteiger partial charge in [-0.05, 0) is 130 Å². The minimum absolute atomic E-state index is 0.0805. The molecule has 1 unspecified atom stereocenters. The van der Waals surface area contributed by atoms with E-state index in [1.165, 1.54) is 78.3 Å². The van der Waals surface area contributed by atoms with Gasteiger partial charge in [-0.25, -0.2) is 0 Å². The molecule has 0 heterocycles. The molecule has 0 aromatic heterocycles. The summed E-state index contributed by atoms with van der Waals surface area (Å²) in [6.07, 6.45) is 26.3. The molecule has 0 amide bonds. The van der Waals surface area contributed by atoms with Crippen LogP contribution in [0.15, 0.2) is 170 Å². The maximum atomic E-state index is 2.48. The Morgan fingerprint density at radius 2 is 1.31 bits per heavy atom. The highest BCUT2D eigenvalue weighted by Crippen LogP contribution is 2.51. The molecular formula is C51H45N. The Labute approximate surface area is 309 Å². The molecule has 52 heavy (non-hydrogen) atoms. The van der Waals surface area contributed by atoms with Gasteiger partial charge in [-0.2, -0.15) is 0 Å². The topological polar surface area (TPSA) is 3.24 Å². The van der Waals surface area contributed by atoms with Crippen LogP contribution in [0.5, 0.6) is 0 Å². The number of nitrogens with zero attached hydrogens (tertiary/aromatic N) is 1. The molecule has 0 bridgehead atoms. The lowest BCUT2D eigenvalue weighted by atomic mass is 9.81. The maximum absolute atomic E-state index is 2.48.